The van der Waals surface area contributed by atoms with Gasteiger partial charge < -0.3 is 31.9 Å². The third-order valence-electron chi connectivity index (χ3n) is 5.12. The van der Waals surface area contributed by atoms with Crippen molar-refractivity contribution in [3.8, 4) is 5.75 Å². The van der Waals surface area contributed by atoms with Crippen LogP contribution in [0.25, 0.3) is 0 Å². The van der Waals surface area contributed by atoms with E-state index in [9.17, 15) is 24.3 Å². The number of rotatable bonds is 12. The molecule has 10 nitrogen and oxygen atoms in total. The summed E-state index contributed by atoms with van der Waals surface area (Å²) in [6.07, 6.45) is 0.768. The van der Waals surface area contributed by atoms with Crippen molar-refractivity contribution in [2.75, 3.05) is 5.75 Å². The molecule has 0 bridgehead atoms. The molecule has 0 fully saturated rings. The average molecular weight is 469 g/mol. The molecular formula is C21H32N4O6S. The van der Waals surface area contributed by atoms with Gasteiger partial charge in [0.25, 0.3) is 0 Å². The van der Waals surface area contributed by atoms with Gasteiger partial charge in [-0.25, -0.2) is 4.79 Å². The number of carboxylic acids is 1. The number of benzene rings is 1. The summed E-state index contributed by atoms with van der Waals surface area (Å²) >= 11 is 3.88. The third-order valence-corrected chi connectivity index (χ3v) is 5.48. The summed E-state index contributed by atoms with van der Waals surface area (Å²) in [5.41, 5.74) is 6.64. The summed E-state index contributed by atoms with van der Waals surface area (Å²) in [7, 11) is 0. The van der Waals surface area contributed by atoms with Crippen LogP contribution in [0.3, 0.4) is 0 Å². The number of nitrogens with two attached hydrogens (primary N) is 1. The van der Waals surface area contributed by atoms with E-state index in [1.54, 1.807) is 12.1 Å². The number of carbonyl (C=O) groups is 4. The van der Waals surface area contributed by atoms with Crippen molar-refractivity contribution in [1.29, 1.82) is 0 Å². The molecule has 3 amide bonds. The van der Waals surface area contributed by atoms with Gasteiger partial charge in [0.05, 0.1) is 6.04 Å². The predicted molar refractivity (Wildman–Crippen MR) is 122 cm³/mol. The van der Waals surface area contributed by atoms with Crippen molar-refractivity contribution in [2.24, 2.45) is 11.7 Å². The number of aliphatic carboxylic acids is 1. The second-order valence-corrected chi connectivity index (χ2v) is 8.02. The number of hydrogen-bond donors (Lipinski definition) is 7. The molecule has 0 heterocycles. The van der Waals surface area contributed by atoms with Gasteiger partial charge in [-0.15, -0.1) is 0 Å². The number of amides is 3. The summed E-state index contributed by atoms with van der Waals surface area (Å²) in [6.45, 7) is 5.12. The monoisotopic (exact) mass is 468 g/mol. The minimum absolute atomic E-state index is 0.0556. The van der Waals surface area contributed by atoms with Gasteiger partial charge >= 0.3 is 5.97 Å². The first-order valence-corrected chi connectivity index (χ1v) is 10.9. The zero-order valence-electron chi connectivity index (χ0n) is 18.4. The molecular weight excluding hydrogens is 436 g/mol. The van der Waals surface area contributed by atoms with Crippen LogP contribution in [-0.2, 0) is 25.6 Å². The molecule has 0 aliphatic rings. The Bertz CT molecular complexity index is 804. The molecule has 178 valence electrons. The van der Waals surface area contributed by atoms with Crippen LogP contribution in [-0.4, -0.2) is 63.8 Å². The Morgan fingerprint density at radius 2 is 1.53 bits per heavy atom. The molecule has 5 atom stereocenters. The first kappa shape index (κ1) is 27.2. The predicted octanol–water partition coefficient (Wildman–Crippen LogP) is -0.203. The third kappa shape index (κ3) is 8.39. The van der Waals surface area contributed by atoms with Crippen LogP contribution < -0.4 is 21.7 Å². The van der Waals surface area contributed by atoms with Gasteiger partial charge in [0.15, 0.2) is 0 Å². The molecule has 0 aliphatic carbocycles. The van der Waals surface area contributed by atoms with Gasteiger partial charge in [0.1, 0.15) is 23.9 Å². The molecule has 11 heteroatoms. The number of hydrogen-bond acceptors (Lipinski definition) is 7. The Balaban J connectivity index is 2.95. The van der Waals surface area contributed by atoms with Crippen molar-refractivity contribution in [3.05, 3.63) is 29.8 Å². The first-order chi connectivity index (χ1) is 15.0. The van der Waals surface area contributed by atoms with E-state index in [4.69, 9.17) is 10.8 Å². The minimum atomic E-state index is -1.25. The van der Waals surface area contributed by atoms with E-state index >= 15 is 0 Å². The maximum absolute atomic E-state index is 12.9. The largest absolute Gasteiger partial charge is 0.508 e. The zero-order valence-corrected chi connectivity index (χ0v) is 19.3. The van der Waals surface area contributed by atoms with Gasteiger partial charge in [-0.3, -0.25) is 14.4 Å². The highest BCUT2D eigenvalue weighted by molar-refractivity contribution is 7.80. The van der Waals surface area contributed by atoms with Crippen molar-refractivity contribution in [1.82, 2.24) is 16.0 Å². The number of carboxylic acid groups (broad SMARTS) is 1. The molecule has 0 saturated heterocycles. The van der Waals surface area contributed by atoms with Crippen molar-refractivity contribution >= 4 is 36.3 Å². The maximum Gasteiger partial charge on any atom is 0.327 e. The lowest BCUT2D eigenvalue weighted by Crippen LogP contribution is -2.57. The molecule has 0 radical (unpaired) electrons. The lowest BCUT2D eigenvalue weighted by molar-refractivity contribution is -0.141. The molecule has 1 rings (SSSR count). The molecule has 0 saturated carbocycles. The molecule has 0 aromatic heterocycles. The average Bonchev–Trinajstić information content (AvgIpc) is 2.76. The number of phenols is 1. The summed E-state index contributed by atoms with van der Waals surface area (Å²) in [6, 6.07) is 2.00. The molecule has 1 aromatic rings. The van der Waals surface area contributed by atoms with Gasteiger partial charge in [0.2, 0.25) is 17.7 Å². The molecule has 0 spiro atoms. The van der Waals surface area contributed by atoms with Gasteiger partial charge in [-0.05, 0) is 30.5 Å². The van der Waals surface area contributed by atoms with Crippen LogP contribution >= 0.6 is 12.6 Å². The molecule has 32 heavy (non-hydrogen) atoms. The smallest absolute Gasteiger partial charge is 0.327 e. The van der Waals surface area contributed by atoms with E-state index in [2.05, 4.69) is 28.6 Å². The SMILES string of the molecule is CCC(C)C(N)C(=O)NC(Cc1ccc(O)cc1)C(=O)NC(C)C(=O)NC(CS)C(=O)O. The molecule has 5 unspecified atom stereocenters. The summed E-state index contributed by atoms with van der Waals surface area (Å²) in [5.74, 6) is -3.26. The highest BCUT2D eigenvalue weighted by atomic mass is 32.1. The van der Waals surface area contributed by atoms with Crippen LogP contribution in [0, 0.1) is 5.92 Å². The van der Waals surface area contributed by atoms with Crippen LogP contribution in [0.15, 0.2) is 24.3 Å². The molecule has 1 aromatic carbocycles. The Kier molecular flexibility index (Phi) is 11.0. The lowest BCUT2D eigenvalue weighted by atomic mass is 9.98. The highest BCUT2D eigenvalue weighted by Crippen LogP contribution is 2.12. The summed E-state index contributed by atoms with van der Waals surface area (Å²) < 4.78 is 0. The van der Waals surface area contributed by atoms with Gasteiger partial charge in [-0.1, -0.05) is 32.4 Å². The van der Waals surface area contributed by atoms with Crippen molar-refractivity contribution in [2.45, 2.75) is 57.8 Å². The van der Waals surface area contributed by atoms with Crippen LogP contribution in [0.4, 0.5) is 0 Å². The lowest BCUT2D eigenvalue weighted by Gasteiger charge is -2.25. The number of aromatic hydroxyl groups is 1. The quantitative estimate of drug-likeness (QED) is 0.208. The topological polar surface area (TPSA) is 171 Å². The van der Waals surface area contributed by atoms with Crippen LogP contribution in [0.2, 0.25) is 0 Å². The number of phenolic OH excluding ortho intramolecular Hbond substituents is 1. The fraction of sp³-hybridized carbons (Fsp3) is 0.524. The Labute approximate surface area is 192 Å². The molecule has 0 aliphatic heterocycles. The van der Waals surface area contributed by atoms with Crippen molar-refractivity contribution in [3.63, 3.8) is 0 Å². The summed E-state index contributed by atoms with van der Waals surface area (Å²) in [5, 5.41) is 25.9. The maximum atomic E-state index is 12.9. The van der Waals surface area contributed by atoms with E-state index in [1.165, 1.54) is 19.1 Å². The second kappa shape index (κ2) is 12.9. The Morgan fingerprint density at radius 3 is 2.03 bits per heavy atom. The fourth-order valence-electron chi connectivity index (χ4n) is 2.72. The van der Waals surface area contributed by atoms with Gasteiger partial charge in [0, 0.05) is 12.2 Å². The standard InChI is InChI=1S/C21H32N4O6S/c1-4-11(2)17(22)20(29)24-15(9-13-5-7-14(26)8-6-13)19(28)23-12(3)18(27)25-16(10-32)21(30)31/h5-8,11-12,15-17,26,32H,4,9-10,22H2,1-3H3,(H,23,28)(H,24,29)(H,25,27)(H,30,31). The highest BCUT2D eigenvalue weighted by Gasteiger charge is 2.29. The van der Waals surface area contributed by atoms with E-state index in [-0.39, 0.29) is 23.8 Å². The second-order valence-electron chi connectivity index (χ2n) is 7.66. The first-order valence-electron chi connectivity index (χ1n) is 10.3. The number of thiol groups is 1. The number of carbonyl (C=O) groups excluding carboxylic acids is 3. The Hall–Kier alpha value is -2.79. The van der Waals surface area contributed by atoms with Crippen molar-refractivity contribution < 1.29 is 29.4 Å². The van der Waals surface area contributed by atoms with E-state index < -0.39 is 47.9 Å². The number of nitrogens with one attached hydrogen (secondary N) is 3. The summed E-state index contributed by atoms with van der Waals surface area (Å²) in [4.78, 5) is 48.8. The zero-order chi connectivity index (χ0) is 24.4. The van der Waals surface area contributed by atoms with E-state index in [0.29, 0.717) is 12.0 Å². The van der Waals surface area contributed by atoms with E-state index in [1.807, 2.05) is 13.8 Å². The van der Waals surface area contributed by atoms with Gasteiger partial charge in [-0.2, -0.15) is 12.6 Å². The van der Waals surface area contributed by atoms with Crippen LogP contribution in [0.5, 0.6) is 5.75 Å². The van der Waals surface area contributed by atoms with E-state index in [0.717, 1.165) is 0 Å². The molecule has 7 N–H and O–H groups in total. The Morgan fingerprint density at radius 1 is 0.969 bits per heavy atom. The minimum Gasteiger partial charge on any atom is -0.508 e. The normalized spacial score (nSPS) is 15.5. The fourth-order valence-corrected chi connectivity index (χ4v) is 2.97. The van der Waals surface area contributed by atoms with Crippen LogP contribution in [0.1, 0.15) is 32.8 Å².